The molecule has 98 valence electrons. The largest absolute Gasteiger partial charge is 0.340 e. The van der Waals surface area contributed by atoms with Crippen molar-refractivity contribution in [3.63, 3.8) is 0 Å². The number of hydrogen-bond donors (Lipinski definition) is 1. The van der Waals surface area contributed by atoms with Crippen molar-refractivity contribution in [2.24, 2.45) is 0 Å². The number of likely N-dealkylation sites (N-methyl/N-ethyl adjacent to an activating group) is 1. The molecule has 2 rings (SSSR count). The zero-order valence-electron chi connectivity index (χ0n) is 10.8. The van der Waals surface area contributed by atoms with Crippen LogP contribution in [0.25, 0.3) is 0 Å². The third-order valence-electron chi connectivity index (χ3n) is 3.39. The first kappa shape index (κ1) is 13.4. The van der Waals surface area contributed by atoms with Gasteiger partial charge in [0.1, 0.15) is 0 Å². The van der Waals surface area contributed by atoms with Gasteiger partial charge in [-0.05, 0) is 44.1 Å². The molecule has 4 heteroatoms. The van der Waals surface area contributed by atoms with E-state index in [1.165, 1.54) is 25.9 Å². The van der Waals surface area contributed by atoms with E-state index in [-0.39, 0.29) is 5.91 Å². The highest BCUT2D eigenvalue weighted by atomic mass is 32.1. The summed E-state index contributed by atoms with van der Waals surface area (Å²) in [7, 11) is 1.86. The number of carbonyl (C=O) groups excluding carboxylic acids is 1. The molecule has 1 fully saturated rings. The molecular formula is C14H20N2OS. The SMILES string of the molecule is CN(CCN1CCCC1)C(=O)c1cccc(S)c1. The van der Waals surface area contributed by atoms with Crippen molar-refractivity contribution >= 4 is 18.5 Å². The van der Waals surface area contributed by atoms with Gasteiger partial charge < -0.3 is 9.80 Å². The third-order valence-corrected chi connectivity index (χ3v) is 3.67. The molecule has 1 aliphatic heterocycles. The van der Waals surface area contributed by atoms with Crippen molar-refractivity contribution in [2.75, 3.05) is 33.2 Å². The lowest BCUT2D eigenvalue weighted by molar-refractivity contribution is 0.0782. The molecule has 0 atom stereocenters. The number of hydrogen-bond acceptors (Lipinski definition) is 3. The summed E-state index contributed by atoms with van der Waals surface area (Å²) in [5.74, 6) is 0.0742. The van der Waals surface area contributed by atoms with Crippen LogP contribution in [0, 0.1) is 0 Å². The molecule has 0 N–H and O–H groups in total. The van der Waals surface area contributed by atoms with Crippen LogP contribution in [-0.4, -0.2) is 48.9 Å². The van der Waals surface area contributed by atoms with Gasteiger partial charge in [0.2, 0.25) is 0 Å². The number of nitrogens with zero attached hydrogens (tertiary/aromatic N) is 2. The summed E-state index contributed by atoms with van der Waals surface area (Å²) in [6.45, 7) is 4.11. The minimum atomic E-state index is 0.0742. The van der Waals surface area contributed by atoms with Gasteiger partial charge in [0.15, 0.2) is 0 Å². The summed E-state index contributed by atoms with van der Waals surface area (Å²) in [6, 6.07) is 7.40. The van der Waals surface area contributed by atoms with E-state index in [1.54, 1.807) is 4.90 Å². The average molecular weight is 264 g/mol. The standard InChI is InChI=1S/C14H20N2OS/c1-15(9-10-16-7-2-3-8-16)14(17)12-5-4-6-13(18)11-12/h4-6,11,18H,2-3,7-10H2,1H3. The summed E-state index contributed by atoms with van der Waals surface area (Å²) in [5.41, 5.74) is 0.714. The van der Waals surface area contributed by atoms with Crippen LogP contribution >= 0.6 is 12.6 Å². The third kappa shape index (κ3) is 3.50. The minimum Gasteiger partial charge on any atom is -0.340 e. The number of rotatable bonds is 4. The topological polar surface area (TPSA) is 23.6 Å². The fraction of sp³-hybridized carbons (Fsp3) is 0.500. The van der Waals surface area contributed by atoms with Gasteiger partial charge in [-0.25, -0.2) is 0 Å². The molecule has 0 aliphatic carbocycles. The Kier molecular flexibility index (Phi) is 4.66. The second-order valence-electron chi connectivity index (χ2n) is 4.83. The summed E-state index contributed by atoms with van der Waals surface area (Å²) in [6.07, 6.45) is 2.58. The smallest absolute Gasteiger partial charge is 0.253 e. The quantitative estimate of drug-likeness (QED) is 0.842. The summed E-state index contributed by atoms with van der Waals surface area (Å²) in [5, 5.41) is 0. The van der Waals surface area contributed by atoms with E-state index in [0.717, 1.165) is 18.0 Å². The Morgan fingerprint density at radius 3 is 2.78 bits per heavy atom. The molecule has 18 heavy (non-hydrogen) atoms. The van der Waals surface area contributed by atoms with Gasteiger partial charge in [-0.3, -0.25) is 4.79 Å². The molecule has 1 aromatic carbocycles. The molecule has 1 amide bonds. The number of amides is 1. The second kappa shape index (κ2) is 6.25. The van der Waals surface area contributed by atoms with Crippen LogP contribution in [0.5, 0.6) is 0 Å². The summed E-state index contributed by atoms with van der Waals surface area (Å²) >= 11 is 4.26. The average Bonchev–Trinajstić information content (AvgIpc) is 2.88. The van der Waals surface area contributed by atoms with Gasteiger partial charge >= 0.3 is 0 Å². The van der Waals surface area contributed by atoms with Crippen LogP contribution in [-0.2, 0) is 0 Å². The maximum Gasteiger partial charge on any atom is 0.253 e. The number of thiol groups is 1. The minimum absolute atomic E-state index is 0.0742. The van der Waals surface area contributed by atoms with Gasteiger partial charge in [0.05, 0.1) is 0 Å². The lowest BCUT2D eigenvalue weighted by Crippen LogP contribution is -2.35. The lowest BCUT2D eigenvalue weighted by Gasteiger charge is -2.21. The molecule has 1 aliphatic rings. The van der Waals surface area contributed by atoms with Crippen LogP contribution in [0.1, 0.15) is 23.2 Å². The number of benzene rings is 1. The predicted molar refractivity (Wildman–Crippen MR) is 76.3 cm³/mol. The number of likely N-dealkylation sites (tertiary alicyclic amines) is 1. The van der Waals surface area contributed by atoms with Crippen LogP contribution in [0.4, 0.5) is 0 Å². The first-order valence-electron chi connectivity index (χ1n) is 6.43. The molecule has 0 saturated carbocycles. The van der Waals surface area contributed by atoms with Crippen molar-refractivity contribution in [3.8, 4) is 0 Å². The van der Waals surface area contributed by atoms with E-state index in [0.29, 0.717) is 5.56 Å². The molecular weight excluding hydrogens is 244 g/mol. The van der Waals surface area contributed by atoms with Crippen molar-refractivity contribution in [3.05, 3.63) is 29.8 Å². The Balaban J connectivity index is 1.87. The molecule has 0 radical (unpaired) electrons. The van der Waals surface area contributed by atoms with Crippen molar-refractivity contribution in [2.45, 2.75) is 17.7 Å². The van der Waals surface area contributed by atoms with Gasteiger partial charge in [-0.2, -0.15) is 0 Å². The molecule has 1 aromatic rings. The highest BCUT2D eigenvalue weighted by Crippen LogP contribution is 2.11. The highest BCUT2D eigenvalue weighted by molar-refractivity contribution is 7.80. The number of carbonyl (C=O) groups is 1. The van der Waals surface area contributed by atoms with E-state index >= 15 is 0 Å². The Labute approximate surface area is 114 Å². The zero-order valence-corrected chi connectivity index (χ0v) is 11.7. The monoisotopic (exact) mass is 264 g/mol. The van der Waals surface area contributed by atoms with Crippen LogP contribution in [0.15, 0.2) is 29.2 Å². The molecule has 0 unspecified atom stereocenters. The Bertz CT molecular complexity index is 416. The lowest BCUT2D eigenvalue weighted by atomic mass is 10.2. The first-order chi connectivity index (χ1) is 8.66. The van der Waals surface area contributed by atoms with Crippen molar-refractivity contribution in [1.82, 2.24) is 9.80 Å². The van der Waals surface area contributed by atoms with E-state index < -0.39 is 0 Å². The maximum absolute atomic E-state index is 12.2. The summed E-state index contributed by atoms with van der Waals surface area (Å²) < 4.78 is 0. The zero-order chi connectivity index (χ0) is 13.0. The highest BCUT2D eigenvalue weighted by Gasteiger charge is 2.15. The van der Waals surface area contributed by atoms with Crippen molar-refractivity contribution < 1.29 is 4.79 Å². The predicted octanol–water partition coefficient (Wildman–Crippen LogP) is 2.14. The van der Waals surface area contributed by atoms with E-state index in [1.807, 2.05) is 31.3 Å². The van der Waals surface area contributed by atoms with Crippen LogP contribution in [0.3, 0.4) is 0 Å². The van der Waals surface area contributed by atoms with E-state index in [2.05, 4.69) is 17.5 Å². The molecule has 0 aromatic heterocycles. The van der Waals surface area contributed by atoms with Crippen LogP contribution in [0.2, 0.25) is 0 Å². The Hall–Kier alpha value is -1.00. The molecule has 1 saturated heterocycles. The van der Waals surface area contributed by atoms with E-state index in [4.69, 9.17) is 0 Å². The first-order valence-corrected chi connectivity index (χ1v) is 6.88. The normalized spacial score (nSPS) is 15.9. The molecule has 0 spiro atoms. The van der Waals surface area contributed by atoms with Gasteiger partial charge in [0.25, 0.3) is 5.91 Å². The van der Waals surface area contributed by atoms with Crippen LogP contribution < -0.4 is 0 Å². The summed E-state index contributed by atoms with van der Waals surface area (Å²) in [4.78, 5) is 17.2. The van der Waals surface area contributed by atoms with Crippen molar-refractivity contribution in [1.29, 1.82) is 0 Å². The fourth-order valence-electron chi connectivity index (χ4n) is 2.26. The van der Waals surface area contributed by atoms with E-state index in [9.17, 15) is 4.79 Å². The molecule has 1 heterocycles. The maximum atomic E-state index is 12.2. The molecule has 0 bridgehead atoms. The fourth-order valence-corrected chi connectivity index (χ4v) is 2.48. The van der Waals surface area contributed by atoms with Gasteiger partial charge in [-0.15, -0.1) is 12.6 Å². The Morgan fingerprint density at radius 1 is 1.39 bits per heavy atom. The second-order valence-corrected chi connectivity index (χ2v) is 5.34. The van der Waals surface area contributed by atoms with Gasteiger partial charge in [0, 0.05) is 30.6 Å². The molecule has 3 nitrogen and oxygen atoms in total. The Morgan fingerprint density at radius 2 is 2.11 bits per heavy atom. The van der Waals surface area contributed by atoms with Gasteiger partial charge in [-0.1, -0.05) is 6.07 Å².